The van der Waals surface area contributed by atoms with E-state index >= 15 is 0 Å². The van der Waals surface area contributed by atoms with Crippen LogP contribution in [0.25, 0.3) is 10.9 Å². The third-order valence-electron chi connectivity index (χ3n) is 6.85. The minimum atomic E-state index is -0.484. The molecule has 3 aromatic carbocycles. The van der Waals surface area contributed by atoms with Crippen molar-refractivity contribution in [2.75, 3.05) is 6.54 Å². The van der Waals surface area contributed by atoms with Crippen LogP contribution in [0.4, 0.5) is 4.39 Å². The summed E-state index contributed by atoms with van der Waals surface area (Å²) in [6.45, 7) is 0.518. The number of carbonyl (C=O) groups excluding carboxylic acids is 1. The van der Waals surface area contributed by atoms with E-state index in [1.165, 1.54) is 12.1 Å². The maximum Gasteiger partial charge on any atom is 0.248 e. The molecule has 7 heteroatoms. The molecule has 1 fully saturated rings. The van der Waals surface area contributed by atoms with Gasteiger partial charge in [0.15, 0.2) is 0 Å². The van der Waals surface area contributed by atoms with Crippen molar-refractivity contribution in [3.8, 4) is 0 Å². The number of nitrogens with zero attached hydrogens (tertiary/aromatic N) is 2. The van der Waals surface area contributed by atoms with E-state index in [2.05, 4.69) is 21.6 Å². The summed E-state index contributed by atoms with van der Waals surface area (Å²) in [5.41, 5.74) is 7.74. The van der Waals surface area contributed by atoms with Crippen LogP contribution in [0.1, 0.15) is 22.7 Å². The molecule has 3 heterocycles. The van der Waals surface area contributed by atoms with Crippen molar-refractivity contribution in [1.82, 2.24) is 15.3 Å². The van der Waals surface area contributed by atoms with E-state index in [0.717, 1.165) is 33.3 Å². The van der Waals surface area contributed by atoms with Gasteiger partial charge in [0.25, 0.3) is 0 Å². The van der Waals surface area contributed by atoms with Gasteiger partial charge in [0.2, 0.25) is 5.91 Å². The van der Waals surface area contributed by atoms with E-state index < -0.39 is 6.04 Å². The van der Waals surface area contributed by atoms with Crippen LogP contribution in [0.2, 0.25) is 5.02 Å². The summed E-state index contributed by atoms with van der Waals surface area (Å²) >= 11 is 6.09. The maximum atomic E-state index is 14.3. The van der Waals surface area contributed by atoms with Gasteiger partial charge in [-0.25, -0.2) is 4.39 Å². The van der Waals surface area contributed by atoms with E-state index in [1.54, 1.807) is 6.07 Å². The third kappa shape index (κ3) is 3.46. The molecule has 3 atom stereocenters. The lowest BCUT2D eigenvalue weighted by atomic mass is 9.85. The van der Waals surface area contributed by atoms with Crippen LogP contribution in [0, 0.1) is 11.7 Å². The number of hydrogen-bond donors (Lipinski definition) is 2. The minimum Gasteiger partial charge on any atom is -0.361 e. The largest absolute Gasteiger partial charge is 0.361 e. The summed E-state index contributed by atoms with van der Waals surface area (Å²) in [7, 11) is 0. The van der Waals surface area contributed by atoms with Gasteiger partial charge in [-0.2, -0.15) is 5.10 Å². The lowest BCUT2D eigenvalue weighted by molar-refractivity contribution is -0.130. The molecule has 5 nitrogen and oxygen atoms in total. The van der Waals surface area contributed by atoms with Gasteiger partial charge in [-0.15, -0.1) is 0 Å². The van der Waals surface area contributed by atoms with Crippen LogP contribution < -0.4 is 5.43 Å². The molecule has 2 aliphatic heterocycles. The summed E-state index contributed by atoms with van der Waals surface area (Å²) in [5, 5.41) is 6.32. The zero-order chi connectivity index (χ0) is 23.2. The highest BCUT2D eigenvalue weighted by molar-refractivity contribution is 6.30. The molecule has 2 aliphatic rings. The molecule has 1 aromatic heterocycles. The van der Waals surface area contributed by atoms with Gasteiger partial charge in [0, 0.05) is 28.7 Å². The number of likely N-dealkylation sites (tertiary alicyclic amines) is 1. The van der Waals surface area contributed by atoms with Crippen LogP contribution in [0.15, 0.2) is 84.1 Å². The molecule has 0 bridgehead atoms. The molecule has 0 saturated carbocycles. The van der Waals surface area contributed by atoms with Gasteiger partial charge >= 0.3 is 0 Å². The highest BCUT2D eigenvalue weighted by Crippen LogP contribution is 2.43. The molecule has 34 heavy (non-hydrogen) atoms. The lowest BCUT2D eigenvalue weighted by Gasteiger charge is -2.28. The number of para-hydroxylation sites is 1. The van der Waals surface area contributed by atoms with Crippen LogP contribution in [0.3, 0.4) is 0 Å². The van der Waals surface area contributed by atoms with Gasteiger partial charge < -0.3 is 9.88 Å². The predicted octanol–water partition coefficient (Wildman–Crippen LogP) is 5.08. The first kappa shape index (κ1) is 20.9. The fourth-order valence-corrected chi connectivity index (χ4v) is 5.41. The molecular weight excluding hydrogens is 451 g/mol. The predicted molar refractivity (Wildman–Crippen MR) is 131 cm³/mol. The Bertz CT molecular complexity index is 1410. The number of nitrogens with one attached hydrogen (secondary N) is 2. The number of fused-ring (bicyclic) bond motifs is 2. The number of rotatable bonds is 5. The number of aromatic amines is 1. The Labute approximate surface area is 201 Å². The Morgan fingerprint density at radius 1 is 1.03 bits per heavy atom. The number of hydrazone groups is 1. The zero-order valence-electron chi connectivity index (χ0n) is 18.2. The molecular formula is C27H22ClFN4O. The summed E-state index contributed by atoms with van der Waals surface area (Å²) < 4.78 is 14.3. The number of aromatic nitrogens is 1. The van der Waals surface area contributed by atoms with Gasteiger partial charge in [-0.05, 0) is 53.4 Å². The van der Waals surface area contributed by atoms with Gasteiger partial charge in [0.1, 0.15) is 11.9 Å². The van der Waals surface area contributed by atoms with E-state index in [-0.39, 0.29) is 23.7 Å². The van der Waals surface area contributed by atoms with Crippen molar-refractivity contribution >= 4 is 34.1 Å². The zero-order valence-corrected chi connectivity index (χ0v) is 19.0. The highest BCUT2D eigenvalue weighted by atomic mass is 35.5. The van der Waals surface area contributed by atoms with E-state index in [9.17, 15) is 9.18 Å². The first-order valence-corrected chi connectivity index (χ1v) is 11.7. The second kappa shape index (κ2) is 8.29. The van der Waals surface area contributed by atoms with Crippen molar-refractivity contribution in [2.24, 2.45) is 11.0 Å². The SMILES string of the molecule is O=C1C2NN=C(c3ccc(Cl)cc3)C2C(c2cccc(F)c2)N1CCc1c[nH]c2ccccc12. The molecule has 0 aliphatic carbocycles. The quantitative estimate of drug-likeness (QED) is 0.425. The van der Waals surface area contributed by atoms with Crippen molar-refractivity contribution in [3.63, 3.8) is 0 Å². The summed E-state index contributed by atoms with van der Waals surface area (Å²) in [6, 6.07) is 21.3. The molecule has 1 saturated heterocycles. The van der Waals surface area contributed by atoms with Crippen molar-refractivity contribution in [2.45, 2.75) is 18.5 Å². The van der Waals surface area contributed by atoms with E-state index in [1.807, 2.05) is 59.6 Å². The number of halogens is 2. The standard InChI is InChI=1S/C27H22ClFN4O/c28-19-10-8-16(9-11-19)24-23-25(32-31-24)27(34)33(26(23)17-4-3-5-20(29)14-17)13-12-18-15-30-22-7-2-1-6-21(18)22/h1-11,14-15,23,25-26,30,32H,12-13H2. The Hall–Kier alpha value is -3.64. The van der Waals surface area contributed by atoms with Crippen LogP contribution in [-0.4, -0.2) is 34.1 Å². The Morgan fingerprint density at radius 3 is 2.68 bits per heavy atom. The molecule has 4 aromatic rings. The smallest absolute Gasteiger partial charge is 0.248 e. The van der Waals surface area contributed by atoms with Gasteiger partial charge in [0.05, 0.1) is 17.7 Å². The number of carbonyl (C=O) groups is 1. The maximum absolute atomic E-state index is 14.3. The Kier molecular flexibility index (Phi) is 5.11. The summed E-state index contributed by atoms with van der Waals surface area (Å²) in [5.74, 6) is -0.578. The van der Waals surface area contributed by atoms with Crippen LogP contribution in [-0.2, 0) is 11.2 Å². The molecule has 170 valence electrons. The summed E-state index contributed by atoms with van der Waals surface area (Å²) in [4.78, 5) is 18.8. The molecule has 0 radical (unpaired) electrons. The van der Waals surface area contributed by atoms with E-state index in [4.69, 9.17) is 11.6 Å². The second-order valence-electron chi connectivity index (χ2n) is 8.78. The topological polar surface area (TPSA) is 60.5 Å². The molecule has 3 unspecified atom stereocenters. The molecule has 0 spiro atoms. The average Bonchev–Trinajstić information content (AvgIpc) is 3.53. The number of hydrogen-bond acceptors (Lipinski definition) is 3. The lowest BCUT2D eigenvalue weighted by Crippen LogP contribution is -2.36. The average molecular weight is 473 g/mol. The van der Waals surface area contributed by atoms with Gasteiger partial charge in [-0.3, -0.25) is 10.2 Å². The molecule has 1 amide bonds. The fraction of sp³-hybridized carbons (Fsp3) is 0.185. The Morgan fingerprint density at radius 2 is 1.85 bits per heavy atom. The van der Waals surface area contributed by atoms with Crippen molar-refractivity contribution in [3.05, 3.63) is 107 Å². The Balaban J connectivity index is 1.37. The normalized spacial score (nSPS) is 21.6. The first-order chi connectivity index (χ1) is 16.6. The van der Waals surface area contributed by atoms with E-state index in [0.29, 0.717) is 18.0 Å². The van der Waals surface area contributed by atoms with Crippen molar-refractivity contribution < 1.29 is 9.18 Å². The second-order valence-corrected chi connectivity index (χ2v) is 9.21. The van der Waals surface area contributed by atoms with Gasteiger partial charge in [-0.1, -0.05) is 54.1 Å². The van der Waals surface area contributed by atoms with Crippen LogP contribution >= 0.6 is 11.6 Å². The fourth-order valence-electron chi connectivity index (χ4n) is 5.29. The third-order valence-corrected chi connectivity index (χ3v) is 7.10. The first-order valence-electron chi connectivity index (χ1n) is 11.3. The molecule has 2 N–H and O–H groups in total. The minimum absolute atomic E-state index is 0.0215. The van der Waals surface area contributed by atoms with Crippen molar-refractivity contribution in [1.29, 1.82) is 0 Å². The highest BCUT2D eigenvalue weighted by Gasteiger charge is 2.53. The van der Waals surface area contributed by atoms with Crippen LogP contribution in [0.5, 0.6) is 0 Å². The number of benzene rings is 3. The monoisotopic (exact) mass is 472 g/mol. The molecule has 6 rings (SSSR count). The number of H-pyrrole nitrogens is 1. The summed E-state index contributed by atoms with van der Waals surface area (Å²) in [6.07, 6.45) is 2.69. The number of amides is 1.